The van der Waals surface area contributed by atoms with E-state index in [4.69, 9.17) is 11.6 Å². The molecular formula is C17H19Cl2N5O. The molecule has 0 spiro atoms. The van der Waals surface area contributed by atoms with Crippen LogP contribution in [-0.4, -0.2) is 25.1 Å². The highest BCUT2D eigenvalue weighted by Gasteiger charge is 2.07. The van der Waals surface area contributed by atoms with Gasteiger partial charge in [0.15, 0.2) is 5.96 Å². The summed E-state index contributed by atoms with van der Waals surface area (Å²) in [7, 11) is 0. The number of anilines is 3. The van der Waals surface area contributed by atoms with Crippen molar-refractivity contribution in [1.82, 2.24) is 5.32 Å². The number of nitrogens with zero attached hydrogens (tertiary/aromatic N) is 1. The van der Waals surface area contributed by atoms with Gasteiger partial charge in [-0.1, -0.05) is 23.7 Å². The van der Waals surface area contributed by atoms with E-state index >= 15 is 0 Å². The minimum atomic E-state index is -0.330. The number of carbonyl (C=O) groups is 1. The van der Waals surface area contributed by atoms with Crippen molar-refractivity contribution in [1.29, 1.82) is 0 Å². The molecule has 0 unspecified atom stereocenters. The highest BCUT2D eigenvalue weighted by atomic mass is 35.5. The summed E-state index contributed by atoms with van der Waals surface area (Å²) in [6.45, 7) is 3.51. The number of hydrogen-bond acceptors (Lipinski definition) is 4. The van der Waals surface area contributed by atoms with Crippen LogP contribution in [0.3, 0.4) is 0 Å². The fourth-order valence-electron chi connectivity index (χ4n) is 2.26. The Bertz CT molecular complexity index is 794. The minimum absolute atomic E-state index is 0. The van der Waals surface area contributed by atoms with Crippen LogP contribution >= 0.6 is 24.0 Å². The molecule has 4 N–H and O–H groups in total. The van der Waals surface area contributed by atoms with E-state index in [0.29, 0.717) is 16.4 Å². The maximum absolute atomic E-state index is 12.1. The van der Waals surface area contributed by atoms with Crippen molar-refractivity contribution in [3.63, 3.8) is 0 Å². The number of aryl methyl sites for hydroxylation is 1. The normalized spacial score (nSPS) is 12.5. The van der Waals surface area contributed by atoms with Crippen LogP contribution in [0, 0.1) is 6.92 Å². The zero-order chi connectivity index (χ0) is 16.9. The van der Waals surface area contributed by atoms with E-state index in [-0.39, 0.29) is 18.4 Å². The number of benzene rings is 2. The van der Waals surface area contributed by atoms with Crippen LogP contribution in [0.15, 0.2) is 47.5 Å². The Hall–Kier alpha value is -2.44. The number of urea groups is 1. The second kappa shape index (κ2) is 8.60. The smallest absolute Gasteiger partial charge is 0.323 e. The summed E-state index contributed by atoms with van der Waals surface area (Å²) in [6, 6.07) is 12.5. The monoisotopic (exact) mass is 379 g/mol. The van der Waals surface area contributed by atoms with E-state index < -0.39 is 0 Å². The number of hydrogen-bond donors (Lipinski definition) is 4. The minimum Gasteiger partial charge on any atom is -0.354 e. The van der Waals surface area contributed by atoms with Gasteiger partial charge in [-0.25, -0.2) is 4.79 Å². The molecule has 0 aromatic heterocycles. The van der Waals surface area contributed by atoms with Crippen molar-refractivity contribution in [2.45, 2.75) is 6.92 Å². The molecule has 0 radical (unpaired) electrons. The van der Waals surface area contributed by atoms with E-state index in [9.17, 15) is 4.79 Å². The fraction of sp³-hybridized carbons (Fsp3) is 0.176. The van der Waals surface area contributed by atoms with Gasteiger partial charge >= 0.3 is 6.03 Å². The largest absolute Gasteiger partial charge is 0.354 e. The summed E-state index contributed by atoms with van der Waals surface area (Å²) in [6.07, 6.45) is 0. The van der Waals surface area contributed by atoms with Crippen LogP contribution in [0.5, 0.6) is 0 Å². The quantitative estimate of drug-likeness (QED) is 0.648. The predicted octanol–water partition coefficient (Wildman–Crippen LogP) is 4.09. The number of guanidine groups is 1. The number of halogens is 2. The first-order valence-electron chi connectivity index (χ1n) is 7.60. The molecule has 3 rings (SSSR count). The first kappa shape index (κ1) is 18.9. The average Bonchev–Trinajstić information content (AvgIpc) is 3.04. The molecule has 0 saturated heterocycles. The lowest BCUT2D eigenvalue weighted by atomic mass is 10.2. The summed E-state index contributed by atoms with van der Waals surface area (Å²) in [5.74, 6) is 0.742. The van der Waals surface area contributed by atoms with E-state index in [1.807, 2.05) is 43.3 Å². The highest BCUT2D eigenvalue weighted by Crippen LogP contribution is 2.20. The lowest BCUT2D eigenvalue weighted by Crippen LogP contribution is -2.26. The number of carbonyl (C=O) groups excluding carboxylic acids is 1. The Morgan fingerprint density at radius 2 is 1.84 bits per heavy atom. The van der Waals surface area contributed by atoms with Gasteiger partial charge in [0.05, 0.1) is 6.54 Å². The first-order chi connectivity index (χ1) is 11.6. The summed E-state index contributed by atoms with van der Waals surface area (Å²) in [5, 5.41) is 12.5. The number of amides is 2. The molecule has 0 atom stereocenters. The molecule has 25 heavy (non-hydrogen) atoms. The Morgan fingerprint density at radius 1 is 1.12 bits per heavy atom. The summed E-state index contributed by atoms with van der Waals surface area (Å²) in [5.41, 5.74) is 3.13. The standard InChI is InChI=1S/C17H18ClN5O.ClH/c1-11-5-6-14(10-15(11)18)23-17(24)22-13-4-2-3-12(9-13)21-16-19-7-8-20-16;/h2-6,9-10H,7-8H2,1H3,(H2,19,20,21)(H2,22,23,24);1H. The maximum Gasteiger partial charge on any atom is 0.323 e. The SMILES string of the molecule is Cc1ccc(NC(=O)Nc2cccc(NC3=NCCN3)c2)cc1Cl.Cl. The molecule has 2 aromatic carbocycles. The zero-order valence-corrected chi connectivity index (χ0v) is 15.2. The second-order valence-electron chi connectivity index (χ2n) is 5.41. The van der Waals surface area contributed by atoms with Gasteiger partial charge in [-0.05, 0) is 42.8 Å². The van der Waals surface area contributed by atoms with E-state index in [1.54, 1.807) is 6.07 Å². The van der Waals surface area contributed by atoms with Gasteiger partial charge in [0.1, 0.15) is 0 Å². The number of aliphatic imine (C=N–C) groups is 1. The van der Waals surface area contributed by atoms with Gasteiger partial charge in [-0.15, -0.1) is 12.4 Å². The molecule has 0 bridgehead atoms. The fourth-order valence-corrected chi connectivity index (χ4v) is 2.44. The molecular weight excluding hydrogens is 361 g/mol. The maximum atomic E-state index is 12.1. The number of rotatable bonds is 3. The van der Waals surface area contributed by atoms with Gasteiger partial charge in [0.25, 0.3) is 0 Å². The molecule has 1 aliphatic heterocycles. The van der Waals surface area contributed by atoms with Crippen LogP contribution in [0.2, 0.25) is 5.02 Å². The average molecular weight is 380 g/mol. The van der Waals surface area contributed by atoms with Crippen molar-refractivity contribution in [2.75, 3.05) is 29.0 Å². The van der Waals surface area contributed by atoms with Gasteiger partial charge in [0, 0.05) is 28.6 Å². The third-order valence-corrected chi connectivity index (χ3v) is 3.89. The third-order valence-electron chi connectivity index (χ3n) is 3.49. The summed E-state index contributed by atoms with van der Waals surface area (Å²) < 4.78 is 0. The Morgan fingerprint density at radius 3 is 2.52 bits per heavy atom. The van der Waals surface area contributed by atoms with Crippen LogP contribution < -0.4 is 21.3 Å². The van der Waals surface area contributed by atoms with Crippen LogP contribution in [0.1, 0.15) is 5.56 Å². The second-order valence-corrected chi connectivity index (χ2v) is 5.81. The van der Waals surface area contributed by atoms with Crippen molar-refractivity contribution in [3.05, 3.63) is 53.1 Å². The summed E-state index contributed by atoms with van der Waals surface area (Å²) >= 11 is 6.06. The molecule has 6 nitrogen and oxygen atoms in total. The molecule has 0 fully saturated rings. The lowest BCUT2D eigenvalue weighted by Gasteiger charge is -2.11. The molecule has 2 aromatic rings. The Labute approximate surface area is 157 Å². The van der Waals surface area contributed by atoms with Gasteiger partial charge in [-0.3, -0.25) is 4.99 Å². The highest BCUT2D eigenvalue weighted by molar-refractivity contribution is 6.31. The molecule has 8 heteroatoms. The van der Waals surface area contributed by atoms with Crippen molar-refractivity contribution in [3.8, 4) is 0 Å². The first-order valence-corrected chi connectivity index (χ1v) is 7.97. The van der Waals surface area contributed by atoms with Crippen molar-refractivity contribution in [2.24, 2.45) is 4.99 Å². The van der Waals surface area contributed by atoms with Gasteiger partial charge in [-0.2, -0.15) is 0 Å². The molecule has 2 amide bonds. The van der Waals surface area contributed by atoms with E-state index in [0.717, 1.165) is 30.3 Å². The van der Waals surface area contributed by atoms with E-state index in [1.165, 1.54) is 0 Å². The van der Waals surface area contributed by atoms with E-state index in [2.05, 4.69) is 26.3 Å². The predicted molar refractivity (Wildman–Crippen MR) is 106 cm³/mol. The molecule has 0 aliphatic carbocycles. The molecule has 1 aliphatic rings. The van der Waals surface area contributed by atoms with Crippen molar-refractivity contribution < 1.29 is 4.79 Å². The van der Waals surface area contributed by atoms with Crippen LogP contribution in [-0.2, 0) is 0 Å². The summed E-state index contributed by atoms with van der Waals surface area (Å²) in [4.78, 5) is 16.4. The van der Waals surface area contributed by atoms with Crippen LogP contribution in [0.25, 0.3) is 0 Å². The van der Waals surface area contributed by atoms with Gasteiger partial charge < -0.3 is 21.3 Å². The van der Waals surface area contributed by atoms with Gasteiger partial charge in [0.2, 0.25) is 0 Å². The zero-order valence-electron chi connectivity index (χ0n) is 13.6. The number of nitrogens with one attached hydrogen (secondary N) is 4. The molecule has 0 saturated carbocycles. The topological polar surface area (TPSA) is 77.6 Å². The molecule has 132 valence electrons. The van der Waals surface area contributed by atoms with Crippen LogP contribution in [0.4, 0.5) is 21.9 Å². The van der Waals surface area contributed by atoms with Crippen molar-refractivity contribution >= 4 is 53.1 Å². The Kier molecular flexibility index (Phi) is 6.50. The Balaban J connectivity index is 0.00000225. The molecule has 1 heterocycles. The third kappa shape index (κ3) is 5.27. The lowest BCUT2D eigenvalue weighted by molar-refractivity contribution is 0.262.